The van der Waals surface area contributed by atoms with Gasteiger partial charge in [-0.1, -0.05) is 31.4 Å². The summed E-state index contributed by atoms with van der Waals surface area (Å²) in [4.78, 5) is 32.0. The molecule has 1 saturated carbocycles. The van der Waals surface area contributed by atoms with Crippen LogP contribution in [0.5, 0.6) is 0 Å². The van der Waals surface area contributed by atoms with Gasteiger partial charge in [0.15, 0.2) is 0 Å². The molecule has 5 nitrogen and oxygen atoms in total. The van der Waals surface area contributed by atoms with Gasteiger partial charge in [0.25, 0.3) is 0 Å². The standard InChI is InChI=1S/C24H32FN3O2S/c1-3-26-24(30)28(21-7-5-4-6-8-21)17-23(29)27(16-22-14-9-18(2)31-22)15-19-10-12-20(25)13-11-19/h9-14,21H,3-8,15-17H2,1-2H3,(H,26,30). The largest absolute Gasteiger partial charge is 0.338 e. The molecule has 1 N–H and O–H groups in total. The summed E-state index contributed by atoms with van der Waals surface area (Å²) in [5.74, 6) is -0.387. The van der Waals surface area contributed by atoms with Crippen LogP contribution in [0.15, 0.2) is 36.4 Å². The monoisotopic (exact) mass is 445 g/mol. The number of rotatable bonds is 8. The van der Waals surface area contributed by atoms with Gasteiger partial charge in [-0.25, -0.2) is 9.18 Å². The summed E-state index contributed by atoms with van der Waals surface area (Å²) in [6.45, 7) is 5.37. The molecule has 1 aliphatic rings. The topological polar surface area (TPSA) is 52.7 Å². The number of halogens is 1. The van der Waals surface area contributed by atoms with Crippen LogP contribution in [0.4, 0.5) is 9.18 Å². The van der Waals surface area contributed by atoms with Gasteiger partial charge < -0.3 is 15.1 Å². The highest BCUT2D eigenvalue weighted by molar-refractivity contribution is 7.11. The second-order valence-corrected chi connectivity index (χ2v) is 9.52. The summed E-state index contributed by atoms with van der Waals surface area (Å²) in [6, 6.07) is 10.2. The number of carbonyl (C=O) groups excluding carboxylic acids is 2. The molecule has 0 bridgehead atoms. The van der Waals surface area contributed by atoms with Crippen molar-refractivity contribution >= 4 is 23.3 Å². The van der Waals surface area contributed by atoms with E-state index in [1.807, 2.05) is 26.0 Å². The normalized spacial score (nSPS) is 14.3. The molecule has 1 fully saturated rings. The third-order valence-electron chi connectivity index (χ3n) is 5.69. The SMILES string of the molecule is CCNC(=O)N(CC(=O)N(Cc1ccc(F)cc1)Cc1ccc(C)s1)C1CCCCC1. The molecule has 0 atom stereocenters. The predicted molar refractivity (Wildman–Crippen MR) is 122 cm³/mol. The summed E-state index contributed by atoms with van der Waals surface area (Å²) >= 11 is 1.66. The van der Waals surface area contributed by atoms with Crippen LogP contribution in [0.25, 0.3) is 0 Å². The number of nitrogens with zero attached hydrogens (tertiary/aromatic N) is 2. The van der Waals surface area contributed by atoms with Crippen LogP contribution in [-0.2, 0) is 17.9 Å². The van der Waals surface area contributed by atoms with E-state index < -0.39 is 0 Å². The van der Waals surface area contributed by atoms with E-state index in [1.165, 1.54) is 23.4 Å². The lowest BCUT2D eigenvalue weighted by Crippen LogP contribution is -2.51. The molecular formula is C24H32FN3O2S. The van der Waals surface area contributed by atoms with Gasteiger partial charge in [0.05, 0.1) is 6.54 Å². The van der Waals surface area contributed by atoms with Gasteiger partial charge in [0.1, 0.15) is 12.4 Å². The number of amides is 3. The third kappa shape index (κ3) is 6.79. The zero-order valence-electron chi connectivity index (χ0n) is 18.4. The number of thiophene rings is 1. The molecule has 1 heterocycles. The van der Waals surface area contributed by atoms with Crippen LogP contribution in [0, 0.1) is 12.7 Å². The van der Waals surface area contributed by atoms with E-state index in [0.29, 0.717) is 19.6 Å². The number of urea groups is 1. The number of carbonyl (C=O) groups is 2. The second-order valence-electron chi connectivity index (χ2n) is 8.14. The van der Waals surface area contributed by atoms with E-state index in [2.05, 4.69) is 5.32 Å². The van der Waals surface area contributed by atoms with Crippen LogP contribution < -0.4 is 5.32 Å². The quantitative estimate of drug-likeness (QED) is 0.615. The zero-order chi connectivity index (χ0) is 22.2. The molecule has 0 saturated heterocycles. The first kappa shape index (κ1) is 23.3. The summed E-state index contributed by atoms with van der Waals surface area (Å²) in [7, 11) is 0. The number of nitrogens with one attached hydrogen (secondary N) is 1. The van der Waals surface area contributed by atoms with Crippen molar-refractivity contribution in [2.75, 3.05) is 13.1 Å². The third-order valence-corrected chi connectivity index (χ3v) is 6.68. The minimum Gasteiger partial charge on any atom is -0.338 e. The van der Waals surface area contributed by atoms with Crippen LogP contribution in [-0.4, -0.2) is 40.9 Å². The molecule has 3 rings (SSSR count). The van der Waals surface area contributed by atoms with Crippen molar-refractivity contribution in [2.45, 2.75) is 65.1 Å². The Bertz CT molecular complexity index is 862. The van der Waals surface area contributed by atoms with E-state index >= 15 is 0 Å². The van der Waals surface area contributed by atoms with E-state index in [4.69, 9.17) is 0 Å². The van der Waals surface area contributed by atoms with Gasteiger partial charge in [-0.15, -0.1) is 11.3 Å². The molecular weight excluding hydrogens is 413 g/mol. The van der Waals surface area contributed by atoms with Gasteiger partial charge in [-0.05, 0) is 56.5 Å². The van der Waals surface area contributed by atoms with Crippen LogP contribution >= 0.6 is 11.3 Å². The minimum atomic E-state index is -0.296. The average molecular weight is 446 g/mol. The van der Waals surface area contributed by atoms with Crippen molar-refractivity contribution in [3.63, 3.8) is 0 Å². The Labute approximate surface area is 188 Å². The highest BCUT2D eigenvalue weighted by Gasteiger charge is 2.29. The summed E-state index contributed by atoms with van der Waals surface area (Å²) in [5.41, 5.74) is 0.866. The number of hydrogen-bond acceptors (Lipinski definition) is 3. The van der Waals surface area contributed by atoms with Crippen LogP contribution in [0.2, 0.25) is 0 Å². The molecule has 0 spiro atoms. The fourth-order valence-corrected chi connectivity index (χ4v) is 4.96. The highest BCUT2D eigenvalue weighted by atomic mass is 32.1. The molecule has 1 aromatic carbocycles. The highest BCUT2D eigenvalue weighted by Crippen LogP contribution is 2.24. The molecule has 0 unspecified atom stereocenters. The first-order valence-corrected chi connectivity index (χ1v) is 11.9. The second kappa shape index (κ2) is 11.3. The van der Waals surface area contributed by atoms with Crippen LogP contribution in [0.1, 0.15) is 54.3 Å². The summed E-state index contributed by atoms with van der Waals surface area (Å²) < 4.78 is 13.3. The summed E-state index contributed by atoms with van der Waals surface area (Å²) in [5, 5.41) is 2.87. The molecule has 0 aliphatic heterocycles. The first-order valence-electron chi connectivity index (χ1n) is 11.1. The Morgan fingerprint density at radius 3 is 2.39 bits per heavy atom. The number of benzene rings is 1. The molecule has 31 heavy (non-hydrogen) atoms. The molecule has 2 aromatic rings. The summed E-state index contributed by atoms with van der Waals surface area (Å²) in [6.07, 6.45) is 5.23. The van der Waals surface area contributed by atoms with Crippen molar-refractivity contribution in [3.05, 3.63) is 57.5 Å². The molecule has 7 heteroatoms. The maximum absolute atomic E-state index is 13.4. The lowest BCUT2D eigenvalue weighted by atomic mass is 9.94. The van der Waals surface area contributed by atoms with Gasteiger partial charge in [0, 0.05) is 28.9 Å². The van der Waals surface area contributed by atoms with Crippen molar-refractivity contribution in [1.82, 2.24) is 15.1 Å². The van der Waals surface area contributed by atoms with Crippen molar-refractivity contribution in [1.29, 1.82) is 0 Å². The van der Waals surface area contributed by atoms with E-state index in [9.17, 15) is 14.0 Å². The Hall–Kier alpha value is -2.41. The van der Waals surface area contributed by atoms with Gasteiger partial charge in [-0.3, -0.25) is 4.79 Å². The fourth-order valence-electron chi connectivity index (χ4n) is 4.06. The Morgan fingerprint density at radius 2 is 1.77 bits per heavy atom. The predicted octanol–water partition coefficient (Wildman–Crippen LogP) is 5.09. The zero-order valence-corrected chi connectivity index (χ0v) is 19.2. The fraction of sp³-hybridized carbons (Fsp3) is 0.500. The molecule has 168 valence electrons. The number of hydrogen-bond donors (Lipinski definition) is 1. The number of aryl methyl sites for hydroxylation is 1. The maximum atomic E-state index is 13.4. The molecule has 0 radical (unpaired) electrons. The lowest BCUT2D eigenvalue weighted by Gasteiger charge is -2.35. The maximum Gasteiger partial charge on any atom is 0.318 e. The van der Waals surface area contributed by atoms with Crippen molar-refractivity contribution in [2.24, 2.45) is 0 Å². The van der Waals surface area contributed by atoms with Gasteiger partial charge in [0.2, 0.25) is 5.91 Å². The smallest absolute Gasteiger partial charge is 0.318 e. The van der Waals surface area contributed by atoms with Gasteiger partial charge in [-0.2, -0.15) is 0 Å². The molecule has 1 aliphatic carbocycles. The Morgan fingerprint density at radius 1 is 1.06 bits per heavy atom. The first-order chi connectivity index (χ1) is 15.0. The average Bonchev–Trinajstić information content (AvgIpc) is 3.18. The van der Waals surface area contributed by atoms with Crippen molar-refractivity contribution < 1.29 is 14.0 Å². The van der Waals surface area contributed by atoms with E-state index in [-0.39, 0.29) is 30.3 Å². The molecule has 3 amide bonds. The van der Waals surface area contributed by atoms with E-state index in [0.717, 1.165) is 36.1 Å². The van der Waals surface area contributed by atoms with Crippen LogP contribution in [0.3, 0.4) is 0 Å². The Kier molecular flexibility index (Phi) is 8.46. The van der Waals surface area contributed by atoms with Crippen molar-refractivity contribution in [3.8, 4) is 0 Å². The minimum absolute atomic E-state index is 0.0576. The Balaban J connectivity index is 1.78. The lowest BCUT2D eigenvalue weighted by molar-refractivity contribution is -0.133. The van der Waals surface area contributed by atoms with Gasteiger partial charge >= 0.3 is 6.03 Å². The van der Waals surface area contributed by atoms with E-state index in [1.54, 1.807) is 33.3 Å². The molecule has 1 aromatic heterocycles.